The number of hydrogen-bond donors (Lipinski definition) is 2. The van der Waals surface area contributed by atoms with Gasteiger partial charge in [0.2, 0.25) is 0 Å². The Morgan fingerprint density at radius 2 is 2.15 bits per heavy atom. The zero-order valence-corrected chi connectivity index (χ0v) is 12.3. The molecular formula is C16H25N3O. The molecule has 1 fully saturated rings. The third kappa shape index (κ3) is 3.44. The summed E-state index contributed by atoms with van der Waals surface area (Å²) < 4.78 is 0. The average Bonchev–Trinajstić information content (AvgIpc) is 2.72. The van der Waals surface area contributed by atoms with Crippen molar-refractivity contribution in [1.82, 2.24) is 0 Å². The van der Waals surface area contributed by atoms with E-state index in [1.54, 1.807) is 0 Å². The van der Waals surface area contributed by atoms with E-state index < -0.39 is 0 Å². The number of nitrogens with two attached hydrogens (primary N) is 1. The van der Waals surface area contributed by atoms with Crippen LogP contribution in [0.25, 0.3) is 0 Å². The Morgan fingerprint density at radius 3 is 2.90 bits per heavy atom. The highest BCUT2D eigenvalue weighted by Crippen LogP contribution is 2.27. The molecule has 0 amide bonds. The van der Waals surface area contributed by atoms with Crippen molar-refractivity contribution in [3.63, 3.8) is 0 Å². The van der Waals surface area contributed by atoms with E-state index in [2.05, 4.69) is 23.0 Å². The standard InChI is InChI=1S/C16H25N3O/c1-2-6-13-7-5-11-19(12-10-13)15-9-4-3-8-14(15)16(17)18-20/h3-4,8-9,13,20H,2,5-7,10-12H2,1H3,(H2,17,18). The molecule has 1 aliphatic rings. The first-order chi connectivity index (χ1) is 9.76. The first-order valence-corrected chi connectivity index (χ1v) is 7.58. The van der Waals surface area contributed by atoms with Crippen LogP contribution in [0.5, 0.6) is 0 Å². The van der Waals surface area contributed by atoms with Gasteiger partial charge in [-0.3, -0.25) is 0 Å². The first-order valence-electron chi connectivity index (χ1n) is 7.58. The average molecular weight is 275 g/mol. The molecule has 1 unspecified atom stereocenters. The van der Waals surface area contributed by atoms with Gasteiger partial charge in [0.05, 0.1) is 0 Å². The summed E-state index contributed by atoms with van der Waals surface area (Å²) in [6.45, 7) is 4.37. The first kappa shape index (κ1) is 14.7. The Balaban J connectivity index is 2.15. The summed E-state index contributed by atoms with van der Waals surface area (Å²) in [4.78, 5) is 2.38. The Bertz CT molecular complexity index is 459. The van der Waals surface area contributed by atoms with Gasteiger partial charge < -0.3 is 15.8 Å². The summed E-state index contributed by atoms with van der Waals surface area (Å²) in [7, 11) is 0. The highest BCUT2D eigenvalue weighted by atomic mass is 16.4. The van der Waals surface area contributed by atoms with Gasteiger partial charge in [-0.15, -0.1) is 0 Å². The molecule has 1 aromatic carbocycles. The molecule has 0 bridgehead atoms. The second-order valence-corrected chi connectivity index (χ2v) is 5.58. The van der Waals surface area contributed by atoms with Crippen molar-refractivity contribution in [1.29, 1.82) is 0 Å². The van der Waals surface area contributed by atoms with E-state index in [0.717, 1.165) is 30.3 Å². The van der Waals surface area contributed by atoms with Crippen LogP contribution in [0.15, 0.2) is 29.4 Å². The molecule has 0 spiro atoms. The normalized spacial score (nSPS) is 20.8. The fraction of sp³-hybridized carbons (Fsp3) is 0.562. The lowest BCUT2D eigenvalue weighted by Gasteiger charge is -2.25. The molecular weight excluding hydrogens is 250 g/mol. The minimum Gasteiger partial charge on any atom is -0.409 e. The van der Waals surface area contributed by atoms with Crippen LogP contribution in [0.3, 0.4) is 0 Å². The van der Waals surface area contributed by atoms with Gasteiger partial charge in [-0.1, -0.05) is 37.1 Å². The van der Waals surface area contributed by atoms with Crippen LogP contribution in [-0.2, 0) is 0 Å². The van der Waals surface area contributed by atoms with Gasteiger partial charge in [0.15, 0.2) is 5.84 Å². The van der Waals surface area contributed by atoms with E-state index in [1.165, 1.54) is 32.1 Å². The Labute approximate surface area is 121 Å². The van der Waals surface area contributed by atoms with Crippen LogP contribution in [0.2, 0.25) is 0 Å². The minimum atomic E-state index is 0.190. The highest BCUT2D eigenvalue weighted by Gasteiger charge is 2.19. The second kappa shape index (κ2) is 7.17. The van der Waals surface area contributed by atoms with E-state index in [9.17, 15) is 0 Å². The number of nitrogens with zero attached hydrogens (tertiary/aromatic N) is 2. The largest absolute Gasteiger partial charge is 0.409 e. The summed E-state index contributed by atoms with van der Waals surface area (Å²) in [6, 6.07) is 7.92. The molecule has 1 atom stereocenters. The van der Waals surface area contributed by atoms with Crippen LogP contribution in [0, 0.1) is 5.92 Å². The van der Waals surface area contributed by atoms with E-state index >= 15 is 0 Å². The number of anilines is 1. The highest BCUT2D eigenvalue weighted by molar-refractivity contribution is 6.02. The molecule has 0 radical (unpaired) electrons. The molecule has 3 N–H and O–H groups in total. The van der Waals surface area contributed by atoms with Crippen molar-refractivity contribution in [3.8, 4) is 0 Å². The molecule has 0 aliphatic carbocycles. The number of benzene rings is 1. The van der Waals surface area contributed by atoms with E-state index in [0.29, 0.717) is 0 Å². The maximum absolute atomic E-state index is 8.92. The summed E-state index contributed by atoms with van der Waals surface area (Å²) in [5.41, 5.74) is 7.70. The smallest absolute Gasteiger partial charge is 0.172 e. The minimum absolute atomic E-state index is 0.190. The number of amidine groups is 1. The topological polar surface area (TPSA) is 61.8 Å². The maximum atomic E-state index is 8.92. The van der Waals surface area contributed by atoms with Gasteiger partial charge in [0.1, 0.15) is 0 Å². The lowest BCUT2D eigenvalue weighted by atomic mass is 9.96. The number of para-hydroxylation sites is 1. The van der Waals surface area contributed by atoms with Gasteiger partial charge in [0.25, 0.3) is 0 Å². The van der Waals surface area contributed by atoms with Gasteiger partial charge in [-0.2, -0.15) is 0 Å². The monoisotopic (exact) mass is 275 g/mol. The molecule has 1 heterocycles. The quantitative estimate of drug-likeness (QED) is 0.384. The zero-order valence-electron chi connectivity index (χ0n) is 12.3. The van der Waals surface area contributed by atoms with Crippen molar-refractivity contribution in [2.75, 3.05) is 18.0 Å². The summed E-state index contributed by atoms with van der Waals surface area (Å²) >= 11 is 0. The Morgan fingerprint density at radius 1 is 1.35 bits per heavy atom. The van der Waals surface area contributed by atoms with Crippen molar-refractivity contribution < 1.29 is 5.21 Å². The van der Waals surface area contributed by atoms with E-state index in [4.69, 9.17) is 10.9 Å². The third-order valence-electron chi connectivity index (χ3n) is 4.17. The van der Waals surface area contributed by atoms with Gasteiger partial charge in [0, 0.05) is 24.3 Å². The van der Waals surface area contributed by atoms with Crippen LogP contribution >= 0.6 is 0 Å². The molecule has 4 heteroatoms. The van der Waals surface area contributed by atoms with E-state index in [-0.39, 0.29) is 5.84 Å². The van der Waals surface area contributed by atoms with Crippen LogP contribution in [0.4, 0.5) is 5.69 Å². The lowest BCUT2D eigenvalue weighted by Crippen LogP contribution is -2.27. The van der Waals surface area contributed by atoms with Crippen LogP contribution in [0.1, 0.15) is 44.6 Å². The van der Waals surface area contributed by atoms with E-state index in [1.807, 2.05) is 18.2 Å². The van der Waals surface area contributed by atoms with Crippen molar-refractivity contribution >= 4 is 11.5 Å². The molecule has 110 valence electrons. The molecule has 20 heavy (non-hydrogen) atoms. The predicted molar refractivity (Wildman–Crippen MR) is 83.4 cm³/mol. The predicted octanol–water partition coefficient (Wildman–Crippen LogP) is 3.19. The SMILES string of the molecule is CCCC1CCCN(c2ccccc2C(N)=NO)CC1. The number of rotatable bonds is 4. The molecule has 2 rings (SSSR count). The zero-order chi connectivity index (χ0) is 14.4. The second-order valence-electron chi connectivity index (χ2n) is 5.58. The number of hydrogen-bond acceptors (Lipinski definition) is 3. The fourth-order valence-electron chi connectivity index (χ4n) is 3.12. The molecule has 1 aliphatic heterocycles. The van der Waals surface area contributed by atoms with Crippen LogP contribution < -0.4 is 10.6 Å². The van der Waals surface area contributed by atoms with Gasteiger partial charge in [-0.05, 0) is 37.3 Å². The van der Waals surface area contributed by atoms with Crippen molar-refractivity contribution in [3.05, 3.63) is 29.8 Å². The fourth-order valence-corrected chi connectivity index (χ4v) is 3.12. The molecule has 4 nitrogen and oxygen atoms in total. The summed E-state index contributed by atoms with van der Waals surface area (Å²) in [5.74, 6) is 1.04. The molecule has 0 aromatic heterocycles. The van der Waals surface area contributed by atoms with Crippen molar-refractivity contribution in [2.24, 2.45) is 16.8 Å². The summed E-state index contributed by atoms with van der Waals surface area (Å²) in [5, 5.41) is 12.1. The van der Waals surface area contributed by atoms with Crippen molar-refractivity contribution in [2.45, 2.75) is 39.0 Å². The maximum Gasteiger partial charge on any atom is 0.172 e. The molecule has 1 saturated heterocycles. The lowest BCUT2D eigenvalue weighted by molar-refractivity contribution is 0.318. The van der Waals surface area contributed by atoms with Gasteiger partial charge in [-0.25, -0.2) is 0 Å². The van der Waals surface area contributed by atoms with Crippen LogP contribution in [-0.4, -0.2) is 24.1 Å². The number of oxime groups is 1. The molecule has 0 saturated carbocycles. The third-order valence-corrected chi connectivity index (χ3v) is 4.17. The summed E-state index contributed by atoms with van der Waals surface area (Å²) in [6.07, 6.45) is 6.37. The Kier molecular flexibility index (Phi) is 5.27. The van der Waals surface area contributed by atoms with Gasteiger partial charge >= 0.3 is 0 Å². The molecule has 1 aromatic rings. The Hall–Kier alpha value is -1.71.